The van der Waals surface area contributed by atoms with Crippen molar-refractivity contribution >= 4 is 23.0 Å². The Balaban J connectivity index is 1.88. The minimum absolute atomic E-state index is 0.190. The molecule has 0 saturated carbocycles. The van der Waals surface area contributed by atoms with E-state index in [9.17, 15) is 4.79 Å². The Morgan fingerprint density at radius 3 is 2.89 bits per heavy atom. The first-order chi connectivity index (χ1) is 8.65. The number of rotatable bonds is 4. The molecule has 0 spiro atoms. The van der Waals surface area contributed by atoms with Crippen molar-refractivity contribution in [3.8, 4) is 0 Å². The number of aromatic nitrogens is 1. The Bertz CT molecular complexity index is 551. The van der Waals surface area contributed by atoms with Crippen LogP contribution in [0.2, 0.25) is 0 Å². The van der Waals surface area contributed by atoms with E-state index in [-0.39, 0.29) is 19.0 Å². The van der Waals surface area contributed by atoms with E-state index in [1.807, 2.05) is 30.5 Å². The van der Waals surface area contributed by atoms with Gasteiger partial charge in [-0.2, -0.15) is 0 Å². The molecule has 94 valence electrons. The maximum Gasteiger partial charge on any atom is 0.310 e. The second-order valence-corrected chi connectivity index (χ2v) is 4.96. The smallest absolute Gasteiger partial charge is 0.310 e. The first kappa shape index (κ1) is 12.6. The number of aryl methyl sites for hydroxylation is 1. The van der Waals surface area contributed by atoms with Crippen LogP contribution in [0, 0.1) is 6.92 Å². The molecule has 18 heavy (non-hydrogen) atoms. The molecule has 5 heteroatoms. The van der Waals surface area contributed by atoms with Crippen LogP contribution in [0.1, 0.15) is 16.3 Å². The number of anilines is 1. The van der Waals surface area contributed by atoms with Crippen molar-refractivity contribution in [2.24, 2.45) is 0 Å². The Morgan fingerprint density at radius 1 is 1.44 bits per heavy atom. The van der Waals surface area contributed by atoms with Crippen molar-refractivity contribution in [2.45, 2.75) is 20.0 Å². The fourth-order valence-electron chi connectivity index (χ4n) is 1.53. The number of nitrogen functional groups attached to an aromatic ring is 1. The molecule has 0 atom stereocenters. The van der Waals surface area contributed by atoms with Crippen LogP contribution >= 0.6 is 11.3 Å². The van der Waals surface area contributed by atoms with Crippen molar-refractivity contribution in [1.82, 2.24) is 4.98 Å². The van der Waals surface area contributed by atoms with E-state index in [1.165, 1.54) is 0 Å². The number of nitrogens with two attached hydrogens (primary N) is 1. The van der Waals surface area contributed by atoms with Crippen molar-refractivity contribution < 1.29 is 9.53 Å². The summed E-state index contributed by atoms with van der Waals surface area (Å²) >= 11 is 1.54. The van der Waals surface area contributed by atoms with E-state index >= 15 is 0 Å². The van der Waals surface area contributed by atoms with Gasteiger partial charge in [-0.3, -0.25) is 4.79 Å². The Kier molecular flexibility index (Phi) is 3.94. The summed E-state index contributed by atoms with van der Waals surface area (Å²) in [6.45, 7) is 2.14. The van der Waals surface area contributed by atoms with Crippen LogP contribution in [0.5, 0.6) is 0 Å². The standard InChI is InChI=1S/C13H14N2O2S/c1-9-15-11(8-18-9)7-17-13(16)6-10-4-2-3-5-12(10)14/h2-5,8H,6-7,14H2,1H3. The highest BCUT2D eigenvalue weighted by Gasteiger charge is 2.08. The molecule has 0 saturated heterocycles. The van der Waals surface area contributed by atoms with Crippen LogP contribution in [-0.2, 0) is 22.6 Å². The topological polar surface area (TPSA) is 65.2 Å². The molecular formula is C13H14N2O2S. The van der Waals surface area contributed by atoms with Crippen molar-refractivity contribution in [1.29, 1.82) is 0 Å². The van der Waals surface area contributed by atoms with Gasteiger partial charge in [0.15, 0.2) is 0 Å². The summed E-state index contributed by atoms with van der Waals surface area (Å²) in [5, 5.41) is 2.85. The molecule has 0 aliphatic rings. The van der Waals surface area contributed by atoms with Crippen molar-refractivity contribution in [3.63, 3.8) is 0 Å². The normalized spacial score (nSPS) is 10.3. The predicted molar refractivity (Wildman–Crippen MR) is 71.2 cm³/mol. The molecule has 2 rings (SSSR count). The first-order valence-electron chi connectivity index (χ1n) is 5.55. The molecule has 0 radical (unpaired) electrons. The van der Waals surface area contributed by atoms with Crippen molar-refractivity contribution in [2.75, 3.05) is 5.73 Å². The third-order valence-electron chi connectivity index (χ3n) is 2.44. The van der Waals surface area contributed by atoms with E-state index in [1.54, 1.807) is 17.4 Å². The third-order valence-corrected chi connectivity index (χ3v) is 3.26. The number of hydrogen-bond donors (Lipinski definition) is 1. The molecule has 0 amide bonds. The summed E-state index contributed by atoms with van der Waals surface area (Å²) in [7, 11) is 0. The number of ether oxygens (including phenoxy) is 1. The molecule has 0 bridgehead atoms. The van der Waals surface area contributed by atoms with Crippen LogP contribution < -0.4 is 5.73 Å². The van der Waals surface area contributed by atoms with Crippen LogP contribution in [0.25, 0.3) is 0 Å². The van der Waals surface area contributed by atoms with Gasteiger partial charge in [-0.15, -0.1) is 11.3 Å². The molecule has 0 aliphatic carbocycles. The van der Waals surface area contributed by atoms with Gasteiger partial charge in [-0.05, 0) is 18.6 Å². The molecular weight excluding hydrogens is 248 g/mol. The maximum absolute atomic E-state index is 11.6. The Morgan fingerprint density at radius 2 is 2.22 bits per heavy atom. The van der Waals surface area contributed by atoms with E-state index in [0.717, 1.165) is 16.3 Å². The molecule has 0 fully saturated rings. The summed E-state index contributed by atoms with van der Waals surface area (Å²) in [5.41, 5.74) is 7.94. The second-order valence-electron chi connectivity index (χ2n) is 3.89. The summed E-state index contributed by atoms with van der Waals surface area (Å²) in [6, 6.07) is 7.28. The van der Waals surface area contributed by atoms with Gasteiger partial charge in [0.2, 0.25) is 0 Å². The monoisotopic (exact) mass is 262 g/mol. The lowest BCUT2D eigenvalue weighted by Gasteiger charge is -2.05. The lowest BCUT2D eigenvalue weighted by molar-refractivity contribution is -0.144. The van der Waals surface area contributed by atoms with Gasteiger partial charge in [0.25, 0.3) is 0 Å². The van der Waals surface area contributed by atoms with Gasteiger partial charge >= 0.3 is 5.97 Å². The SMILES string of the molecule is Cc1nc(COC(=O)Cc2ccccc2N)cs1. The molecule has 2 N–H and O–H groups in total. The first-order valence-corrected chi connectivity index (χ1v) is 6.43. The third kappa shape index (κ3) is 3.30. The number of thiazole rings is 1. The van der Waals surface area contributed by atoms with Crippen LogP contribution in [0.4, 0.5) is 5.69 Å². The zero-order valence-corrected chi connectivity index (χ0v) is 10.9. The molecule has 1 aromatic carbocycles. The molecule has 1 heterocycles. The lowest BCUT2D eigenvalue weighted by Crippen LogP contribution is -2.09. The molecule has 4 nitrogen and oxygen atoms in total. The highest BCUT2D eigenvalue weighted by Crippen LogP contribution is 2.13. The van der Waals surface area contributed by atoms with Gasteiger partial charge in [0, 0.05) is 11.1 Å². The molecule has 2 aromatic rings. The number of nitrogens with zero attached hydrogens (tertiary/aromatic N) is 1. The van der Waals surface area contributed by atoms with Crippen LogP contribution in [-0.4, -0.2) is 11.0 Å². The number of hydrogen-bond acceptors (Lipinski definition) is 5. The average molecular weight is 262 g/mol. The molecule has 0 unspecified atom stereocenters. The fraction of sp³-hybridized carbons (Fsp3) is 0.231. The number of carbonyl (C=O) groups is 1. The Labute approximate surface area is 109 Å². The average Bonchev–Trinajstić information content (AvgIpc) is 2.76. The van der Waals surface area contributed by atoms with Gasteiger partial charge in [0.1, 0.15) is 6.61 Å². The summed E-state index contributed by atoms with van der Waals surface area (Å²) in [4.78, 5) is 15.9. The minimum atomic E-state index is -0.293. The highest BCUT2D eigenvalue weighted by molar-refractivity contribution is 7.09. The highest BCUT2D eigenvalue weighted by atomic mass is 32.1. The number of para-hydroxylation sites is 1. The number of benzene rings is 1. The van der Waals surface area contributed by atoms with Crippen LogP contribution in [0.3, 0.4) is 0 Å². The van der Waals surface area contributed by atoms with E-state index in [0.29, 0.717) is 5.69 Å². The summed E-state index contributed by atoms with van der Waals surface area (Å²) in [5.74, 6) is -0.293. The zero-order chi connectivity index (χ0) is 13.0. The van der Waals surface area contributed by atoms with Gasteiger partial charge in [0.05, 0.1) is 17.1 Å². The van der Waals surface area contributed by atoms with E-state index < -0.39 is 0 Å². The van der Waals surface area contributed by atoms with E-state index in [4.69, 9.17) is 10.5 Å². The zero-order valence-electron chi connectivity index (χ0n) is 10.1. The lowest BCUT2D eigenvalue weighted by atomic mass is 10.1. The fourth-order valence-corrected chi connectivity index (χ4v) is 2.13. The summed E-state index contributed by atoms with van der Waals surface area (Å²) in [6.07, 6.45) is 0.190. The quantitative estimate of drug-likeness (QED) is 0.678. The van der Waals surface area contributed by atoms with Crippen LogP contribution in [0.15, 0.2) is 29.6 Å². The summed E-state index contributed by atoms with van der Waals surface area (Å²) < 4.78 is 5.15. The second kappa shape index (κ2) is 5.64. The number of esters is 1. The van der Waals surface area contributed by atoms with E-state index in [2.05, 4.69) is 4.98 Å². The molecule has 1 aromatic heterocycles. The predicted octanol–water partition coefficient (Wildman–Crippen LogP) is 2.32. The minimum Gasteiger partial charge on any atom is -0.459 e. The van der Waals surface area contributed by atoms with Gasteiger partial charge in [-0.25, -0.2) is 4.98 Å². The largest absolute Gasteiger partial charge is 0.459 e. The van der Waals surface area contributed by atoms with Gasteiger partial charge in [-0.1, -0.05) is 18.2 Å². The molecule has 0 aliphatic heterocycles. The van der Waals surface area contributed by atoms with Gasteiger partial charge < -0.3 is 10.5 Å². The maximum atomic E-state index is 11.6. The Hall–Kier alpha value is -1.88. The number of carbonyl (C=O) groups excluding carboxylic acids is 1. The van der Waals surface area contributed by atoms with Crippen molar-refractivity contribution in [3.05, 3.63) is 45.9 Å².